The van der Waals surface area contributed by atoms with E-state index in [-0.39, 0.29) is 12.1 Å². The van der Waals surface area contributed by atoms with Crippen LogP contribution in [0.3, 0.4) is 0 Å². The highest BCUT2D eigenvalue weighted by Crippen LogP contribution is 2.25. The second-order valence-electron chi connectivity index (χ2n) is 5.16. The van der Waals surface area contributed by atoms with Crippen LogP contribution < -0.4 is 5.32 Å². The number of amides is 1. The van der Waals surface area contributed by atoms with Crippen LogP contribution in [0.25, 0.3) is 0 Å². The van der Waals surface area contributed by atoms with Crippen molar-refractivity contribution in [2.75, 3.05) is 33.1 Å². The minimum Gasteiger partial charge on any atom is -0.384 e. The first-order chi connectivity index (χ1) is 9.65. The zero-order valence-corrected chi connectivity index (χ0v) is 13.1. The second-order valence-corrected chi connectivity index (χ2v) is 6.04. The number of methoxy groups -OCH3 is 1. The Morgan fingerprint density at radius 1 is 1.45 bits per heavy atom. The van der Waals surface area contributed by atoms with Gasteiger partial charge in [-0.05, 0) is 29.9 Å². The number of hydrogen-bond donors (Lipinski definition) is 1. The smallest absolute Gasteiger partial charge is 0.238 e. The Labute approximate surface area is 124 Å². The van der Waals surface area contributed by atoms with E-state index in [9.17, 15) is 4.79 Å². The highest BCUT2D eigenvalue weighted by Gasteiger charge is 2.32. The second kappa shape index (κ2) is 7.11. The van der Waals surface area contributed by atoms with Crippen molar-refractivity contribution < 1.29 is 9.53 Å². The van der Waals surface area contributed by atoms with Gasteiger partial charge in [-0.1, -0.05) is 19.1 Å². The van der Waals surface area contributed by atoms with Crippen molar-refractivity contribution in [1.82, 2.24) is 10.2 Å². The van der Waals surface area contributed by atoms with E-state index < -0.39 is 0 Å². The van der Waals surface area contributed by atoms with E-state index in [4.69, 9.17) is 4.74 Å². The molecule has 110 valence electrons. The molecule has 1 saturated heterocycles. The van der Waals surface area contributed by atoms with E-state index in [2.05, 4.69) is 42.8 Å². The van der Waals surface area contributed by atoms with Crippen molar-refractivity contribution in [3.8, 4) is 0 Å². The molecule has 1 aliphatic rings. The number of carbonyl (C=O) groups is 1. The predicted molar refractivity (Wildman–Crippen MR) is 81.7 cm³/mol. The quantitative estimate of drug-likeness (QED) is 0.816. The van der Waals surface area contributed by atoms with Crippen LogP contribution in [0.1, 0.15) is 18.7 Å². The lowest BCUT2D eigenvalue weighted by atomic mass is 10.1. The van der Waals surface area contributed by atoms with Crippen molar-refractivity contribution in [1.29, 1.82) is 0 Å². The molecule has 1 aromatic carbocycles. The summed E-state index contributed by atoms with van der Waals surface area (Å²) in [7, 11) is 1.69. The standard InChI is InChI=1S/C15H22N2O2S/c1-11(10-19-2)9-17-14(18)8-16-15(17)12-4-6-13(20-3)7-5-12/h4-7,11,15-16H,8-10H2,1-3H3. The number of thioether (sulfide) groups is 1. The van der Waals surface area contributed by atoms with Crippen molar-refractivity contribution in [2.45, 2.75) is 18.0 Å². The fourth-order valence-electron chi connectivity index (χ4n) is 2.50. The minimum atomic E-state index is -0.0160. The van der Waals surface area contributed by atoms with Crippen LogP contribution in [0.15, 0.2) is 29.2 Å². The maximum Gasteiger partial charge on any atom is 0.238 e. The van der Waals surface area contributed by atoms with Crippen LogP contribution in [-0.2, 0) is 9.53 Å². The number of rotatable bonds is 6. The van der Waals surface area contributed by atoms with Gasteiger partial charge >= 0.3 is 0 Å². The summed E-state index contributed by atoms with van der Waals surface area (Å²) in [5.74, 6) is 0.490. The van der Waals surface area contributed by atoms with Crippen LogP contribution in [0.2, 0.25) is 0 Å². The summed E-state index contributed by atoms with van der Waals surface area (Å²) in [4.78, 5) is 15.2. The van der Waals surface area contributed by atoms with Crippen molar-refractivity contribution in [3.63, 3.8) is 0 Å². The summed E-state index contributed by atoms with van der Waals surface area (Å²) in [6.07, 6.45) is 2.04. The van der Waals surface area contributed by atoms with Crippen molar-refractivity contribution >= 4 is 17.7 Å². The fourth-order valence-corrected chi connectivity index (χ4v) is 2.91. The average Bonchev–Trinajstić information content (AvgIpc) is 2.81. The normalized spacial score (nSPS) is 20.4. The lowest BCUT2D eigenvalue weighted by Crippen LogP contribution is -2.35. The SMILES string of the molecule is COCC(C)CN1C(=O)CNC1c1ccc(SC)cc1. The van der Waals surface area contributed by atoms with Crippen LogP contribution in [0.4, 0.5) is 0 Å². The number of hydrogen-bond acceptors (Lipinski definition) is 4. The molecular weight excluding hydrogens is 272 g/mol. The third-order valence-electron chi connectivity index (χ3n) is 3.47. The lowest BCUT2D eigenvalue weighted by molar-refractivity contribution is -0.128. The van der Waals surface area contributed by atoms with Gasteiger partial charge in [-0.25, -0.2) is 0 Å². The Bertz CT molecular complexity index is 450. The number of benzene rings is 1. The van der Waals surface area contributed by atoms with Crippen LogP contribution in [0, 0.1) is 5.92 Å². The Morgan fingerprint density at radius 2 is 2.15 bits per heavy atom. The van der Waals surface area contributed by atoms with E-state index in [1.54, 1.807) is 18.9 Å². The summed E-state index contributed by atoms with van der Waals surface area (Å²) in [5, 5.41) is 3.29. The number of ether oxygens (including phenoxy) is 1. The molecule has 1 fully saturated rings. The molecule has 1 N–H and O–H groups in total. The molecular formula is C15H22N2O2S. The van der Waals surface area contributed by atoms with Crippen molar-refractivity contribution in [3.05, 3.63) is 29.8 Å². The van der Waals surface area contributed by atoms with E-state index >= 15 is 0 Å². The third-order valence-corrected chi connectivity index (χ3v) is 4.21. The molecule has 1 heterocycles. The number of nitrogens with one attached hydrogen (secondary N) is 1. The summed E-state index contributed by atoms with van der Waals surface area (Å²) in [6, 6.07) is 8.38. The first-order valence-corrected chi connectivity index (χ1v) is 8.04. The van der Waals surface area contributed by atoms with Gasteiger partial charge in [0, 0.05) is 18.6 Å². The molecule has 0 aromatic heterocycles. The largest absolute Gasteiger partial charge is 0.384 e. The predicted octanol–water partition coefficient (Wildman–Crippen LogP) is 2.12. The molecule has 1 aromatic rings. The van der Waals surface area contributed by atoms with E-state index in [0.717, 1.165) is 5.56 Å². The van der Waals surface area contributed by atoms with Gasteiger partial charge in [0.05, 0.1) is 13.2 Å². The molecule has 0 bridgehead atoms. The Hall–Kier alpha value is -1.04. The highest BCUT2D eigenvalue weighted by molar-refractivity contribution is 7.98. The summed E-state index contributed by atoms with van der Waals surface area (Å²) in [6.45, 7) is 3.90. The molecule has 20 heavy (non-hydrogen) atoms. The molecule has 1 amide bonds. The summed E-state index contributed by atoms with van der Waals surface area (Å²) in [5.41, 5.74) is 1.14. The van der Waals surface area contributed by atoms with Gasteiger partial charge in [-0.2, -0.15) is 0 Å². The van der Waals surface area contributed by atoms with Gasteiger partial charge in [0.2, 0.25) is 5.91 Å². The highest BCUT2D eigenvalue weighted by atomic mass is 32.2. The van der Waals surface area contributed by atoms with Crippen molar-refractivity contribution in [2.24, 2.45) is 5.92 Å². The van der Waals surface area contributed by atoms with Gasteiger partial charge < -0.3 is 9.64 Å². The Morgan fingerprint density at radius 3 is 2.75 bits per heavy atom. The van der Waals surface area contributed by atoms with Gasteiger partial charge in [0.25, 0.3) is 0 Å². The van der Waals surface area contributed by atoms with E-state index in [1.807, 2.05) is 4.90 Å². The number of nitrogens with zero attached hydrogens (tertiary/aromatic N) is 1. The Kier molecular flexibility index (Phi) is 5.46. The van der Waals surface area contributed by atoms with E-state index in [1.165, 1.54) is 4.90 Å². The summed E-state index contributed by atoms with van der Waals surface area (Å²) < 4.78 is 5.16. The molecule has 2 atom stereocenters. The van der Waals surface area contributed by atoms with Gasteiger partial charge in [0.15, 0.2) is 0 Å². The maximum absolute atomic E-state index is 12.0. The first-order valence-electron chi connectivity index (χ1n) is 6.81. The van der Waals surface area contributed by atoms with Gasteiger partial charge in [-0.15, -0.1) is 11.8 Å². The summed E-state index contributed by atoms with van der Waals surface area (Å²) >= 11 is 1.72. The fraction of sp³-hybridized carbons (Fsp3) is 0.533. The molecule has 1 aliphatic heterocycles. The average molecular weight is 294 g/mol. The van der Waals surface area contributed by atoms with Crippen LogP contribution in [0.5, 0.6) is 0 Å². The zero-order chi connectivity index (χ0) is 14.5. The Balaban J connectivity index is 2.10. The number of carbonyl (C=O) groups excluding carboxylic acids is 1. The van der Waals surface area contributed by atoms with Gasteiger partial charge in [0.1, 0.15) is 6.17 Å². The van der Waals surface area contributed by atoms with Crippen LogP contribution in [-0.4, -0.2) is 43.9 Å². The molecule has 0 radical (unpaired) electrons. The topological polar surface area (TPSA) is 41.6 Å². The lowest BCUT2D eigenvalue weighted by Gasteiger charge is -2.27. The first kappa shape index (κ1) is 15.4. The molecule has 2 unspecified atom stereocenters. The molecule has 5 heteroatoms. The van der Waals surface area contributed by atoms with E-state index in [0.29, 0.717) is 25.6 Å². The third kappa shape index (κ3) is 3.53. The molecule has 0 aliphatic carbocycles. The molecule has 4 nitrogen and oxygen atoms in total. The van der Waals surface area contributed by atoms with Crippen LogP contribution >= 0.6 is 11.8 Å². The minimum absolute atomic E-state index is 0.0160. The van der Waals surface area contributed by atoms with Gasteiger partial charge in [-0.3, -0.25) is 10.1 Å². The zero-order valence-electron chi connectivity index (χ0n) is 12.3. The molecule has 0 spiro atoms. The monoisotopic (exact) mass is 294 g/mol. The maximum atomic E-state index is 12.0. The molecule has 2 rings (SSSR count). The molecule has 0 saturated carbocycles.